The van der Waals surface area contributed by atoms with Gasteiger partial charge in [0.1, 0.15) is 5.44 Å². The molecule has 2 nitrogen and oxygen atoms in total. The lowest BCUT2D eigenvalue weighted by molar-refractivity contribution is -0.133. The van der Waals surface area contributed by atoms with Crippen molar-refractivity contribution in [3.8, 4) is 0 Å². The Morgan fingerprint density at radius 3 is 2.50 bits per heavy atom. The van der Waals surface area contributed by atoms with Gasteiger partial charge in [-0.1, -0.05) is 7.43 Å². The first-order chi connectivity index (χ1) is 6.28. The maximum Gasteiger partial charge on any atom is 0.101 e. The second-order valence-corrected chi connectivity index (χ2v) is 5.90. The van der Waals surface area contributed by atoms with Crippen molar-refractivity contribution in [3.63, 3.8) is 0 Å². The van der Waals surface area contributed by atoms with E-state index in [2.05, 4.69) is 11.8 Å². The lowest BCUT2D eigenvalue weighted by Crippen LogP contribution is -2.60. The molecule has 0 aliphatic carbocycles. The first kappa shape index (κ1) is 10.8. The highest BCUT2D eigenvalue weighted by molar-refractivity contribution is 8.00. The standard InChI is InChI=1S/C10H17NOS.CH4/c1-8-12-10(7-13-8)6-11-4-2-9(10)3-5-11;/h8-9H,2-7H2,1H3;1H4/t8-,10-;/m1./s1. The van der Waals surface area contributed by atoms with Crippen LogP contribution in [0.5, 0.6) is 0 Å². The fraction of sp³-hybridized carbons (Fsp3) is 1.00. The third-order valence-electron chi connectivity index (χ3n) is 3.79. The minimum Gasteiger partial charge on any atom is -0.359 e. The van der Waals surface area contributed by atoms with Crippen LogP contribution in [0.15, 0.2) is 0 Å². The molecule has 0 amide bonds. The average molecular weight is 215 g/mol. The molecule has 0 N–H and O–H groups in total. The van der Waals surface area contributed by atoms with E-state index in [4.69, 9.17) is 4.74 Å². The molecule has 82 valence electrons. The minimum absolute atomic E-state index is 0. The van der Waals surface area contributed by atoms with E-state index in [1.165, 1.54) is 38.2 Å². The average Bonchev–Trinajstić information content (AvgIpc) is 2.49. The van der Waals surface area contributed by atoms with Crippen molar-refractivity contribution in [2.45, 2.75) is 38.2 Å². The summed E-state index contributed by atoms with van der Waals surface area (Å²) in [5, 5.41) is 0. The van der Waals surface area contributed by atoms with E-state index in [1.54, 1.807) is 0 Å². The summed E-state index contributed by atoms with van der Waals surface area (Å²) in [4.78, 5) is 2.58. The van der Waals surface area contributed by atoms with Crippen molar-refractivity contribution >= 4 is 11.8 Å². The molecule has 14 heavy (non-hydrogen) atoms. The van der Waals surface area contributed by atoms with Crippen LogP contribution >= 0.6 is 11.8 Å². The van der Waals surface area contributed by atoms with Gasteiger partial charge in [-0.25, -0.2) is 0 Å². The molecule has 2 bridgehead atoms. The second kappa shape index (κ2) is 3.69. The summed E-state index contributed by atoms with van der Waals surface area (Å²) in [5.74, 6) is 2.09. The molecule has 4 aliphatic heterocycles. The van der Waals surface area contributed by atoms with Gasteiger partial charge in [0.25, 0.3) is 0 Å². The Morgan fingerprint density at radius 1 is 1.36 bits per heavy atom. The summed E-state index contributed by atoms with van der Waals surface area (Å²) < 4.78 is 6.14. The number of fused-ring (bicyclic) bond motifs is 2. The van der Waals surface area contributed by atoms with Crippen molar-refractivity contribution in [3.05, 3.63) is 0 Å². The zero-order chi connectivity index (χ0) is 8.89. The maximum absolute atomic E-state index is 6.14. The van der Waals surface area contributed by atoms with Crippen molar-refractivity contribution in [1.82, 2.24) is 4.90 Å². The highest BCUT2D eigenvalue weighted by Crippen LogP contribution is 2.46. The molecule has 0 radical (unpaired) electrons. The normalized spacial score (nSPS) is 50.8. The summed E-state index contributed by atoms with van der Waals surface area (Å²) in [6, 6.07) is 0. The number of ether oxygens (including phenoxy) is 1. The van der Waals surface area contributed by atoms with Gasteiger partial charge < -0.3 is 9.64 Å². The Kier molecular flexibility index (Phi) is 2.84. The van der Waals surface area contributed by atoms with E-state index in [0.717, 1.165) is 5.92 Å². The highest BCUT2D eigenvalue weighted by Gasteiger charge is 2.51. The van der Waals surface area contributed by atoms with Gasteiger partial charge in [-0.2, -0.15) is 0 Å². The third kappa shape index (κ3) is 1.50. The monoisotopic (exact) mass is 215 g/mol. The van der Waals surface area contributed by atoms with Crippen LogP contribution in [0.2, 0.25) is 0 Å². The van der Waals surface area contributed by atoms with Gasteiger partial charge >= 0.3 is 0 Å². The molecule has 4 fully saturated rings. The van der Waals surface area contributed by atoms with Gasteiger partial charge in [-0.3, -0.25) is 0 Å². The number of hydrogen-bond donors (Lipinski definition) is 0. The fourth-order valence-electron chi connectivity index (χ4n) is 3.08. The van der Waals surface area contributed by atoms with Gasteiger partial charge in [-0.15, -0.1) is 11.8 Å². The van der Waals surface area contributed by atoms with Crippen molar-refractivity contribution in [1.29, 1.82) is 0 Å². The summed E-state index contributed by atoms with van der Waals surface area (Å²) in [7, 11) is 0. The van der Waals surface area contributed by atoms with Crippen LogP contribution < -0.4 is 0 Å². The Labute approximate surface area is 91.4 Å². The summed E-state index contributed by atoms with van der Waals surface area (Å²) >= 11 is 1.99. The molecule has 4 heterocycles. The molecule has 4 rings (SSSR count). The van der Waals surface area contributed by atoms with Gasteiger partial charge in [0.05, 0.1) is 5.60 Å². The van der Waals surface area contributed by atoms with Gasteiger partial charge in [0.2, 0.25) is 0 Å². The largest absolute Gasteiger partial charge is 0.359 e. The molecule has 1 spiro atoms. The number of piperidine rings is 3. The number of rotatable bonds is 0. The van der Waals surface area contributed by atoms with Gasteiger partial charge in [0, 0.05) is 12.3 Å². The number of thioether (sulfide) groups is 1. The van der Waals surface area contributed by atoms with E-state index in [9.17, 15) is 0 Å². The smallest absolute Gasteiger partial charge is 0.101 e. The third-order valence-corrected chi connectivity index (χ3v) is 5.01. The van der Waals surface area contributed by atoms with E-state index in [-0.39, 0.29) is 13.0 Å². The number of hydrogen-bond acceptors (Lipinski definition) is 3. The van der Waals surface area contributed by atoms with Crippen LogP contribution in [-0.4, -0.2) is 41.3 Å². The predicted octanol–water partition coefficient (Wildman–Crippen LogP) is 2.20. The molecule has 4 saturated heterocycles. The Hall–Kier alpha value is 0.270. The zero-order valence-electron chi connectivity index (χ0n) is 8.16. The molecule has 2 atom stereocenters. The molecular formula is C11H21NOS. The predicted molar refractivity (Wildman–Crippen MR) is 61.6 cm³/mol. The van der Waals surface area contributed by atoms with Gasteiger partial charge in [-0.05, 0) is 38.8 Å². The molecule has 0 unspecified atom stereocenters. The first-order valence-corrected chi connectivity index (χ1v) is 6.35. The fourth-order valence-corrected chi connectivity index (χ4v) is 4.25. The first-order valence-electron chi connectivity index (χ1n) is 5.30. The van der Waals surface area contributed by atoms with E-state index >= 15 is 0 Å². The zero-order valence-corrected chi connectivity index (χ0v) is 8.98. The second-order valence-electron chi connectivity index (χ2n) is 4.61. The summed E-state index contributed by atoms with van der Waals surface area (Å²) in [6.07, 6.45) is 2.74. The highest BCUT2D eigenvalue weighted by atomic mass is 32.2. The van der Waals surface area contributed by atoms with Crippen LogP contribution in [0.3, 0.4) is 0 Å². The number of nitrogens with zero attached hydrogens (tertiary/aromatic N) is 1. The van der Waals surface area contributed by atoms with Crippen LogP contribution in [0.25, 0.3) is 0 Å². The van der Waals surface area contributed by atoms with Crippen LogP contribution in [0, 0.1) is 5.92 Å². The minimum atomic E-state index is 0. The van der Waals surface area contributed by atoms with E-state index in [0.29, 0.717) is 5.44 Å². The molecule has 3 heteroatoms. The summed E-state index contributed by atoms with van der Waals surface area (Å²) in [5.41, 5.74) is 0.682. The molecule has 0 aromatic heterocycles. The van der Waals surface area contributed by atoms with Crippen LogP contribution in [0.4, 0.5) is 0 Å². The topological polar surface area (TPSA) is 12.5 Å². The maximum atomic E-state index is 6.14. The van der Waals surface area contributed by atoms with Crippen molar-refractivity contribution < 1.29 is 4.74 Å². The van der Waals surface area contributed by atoms with Crippen molar-refractivity contribution in [2.75, 3.05) is 25.4 Å². The van der Waals surface area contributed by atoms with Crippen molar-refractivity contribution in [2.24, 2.45) is 5.92 Å². The lowest BCUT2D eigenvalue weighted by atomic mass is 9.76. The lowest BCUT2D eigenvalue weighted by Gasteiger charge is -2.50. The van der Waals surface area contributed by atoms with Crippen LogP contribution in [-0.2, 0) is 4.74 Å². The Balaban J connectivity index is 0.000000750. The Morgan fingerprint density at radius 2 is 2.07 bits per heavy atom. The molecule has 4 aliphatic rings. The quantitative estimate of drug-likeness (QED) is 0.614. The molecule has 0 saturated carbocycles. The molecular weight excluding hydrogens is 194 g/mol. The molecule has 0 aromatic carbocycles. The summed E-state index contributed by atoms with van der Waals surface area (Å²) in [6.45, 7) is 6.02. The van der Waals surface area contributed by atoms with Crippen LogP contribution in [0.1, 0.15) is 27.2 Å². The SMILES string of the molecule is C.C[C@@H]1O[C@@]2(CS1)CN1CCC2CC1. The van der Waals surface area contributed by atoms with E-state index in [1.807, 2.05) is 11.8 Å². The molecule has 0 aromatic rings. The van der Waals surface area contributed by atoms with E-state index < -0.39 is 0 Å². The Bertz CT molecular complexity index is 215. The van der Waals surface area contributed by atoms with Gasteiger partial charge in [0.15, 0.2) is 0 Å².